The monoisotopic (exact) mass is 448 g/mol. The SMILES string of the molecule is COC(=O)CNC(=O)c1ccc(NC(=O)C23CC4CC(CC(Br)(C4)C2)C3)cc1. The molecule has 5 rings (SSSR count). The molecule has 4 saturated carbocycles. The summed E-state index contributed by atoms with van der Waals surface area (Å²) in [5, 5.41) is 5.57. The topological polar surface area (TPSA) is 84.5 Å². The fourth-order valence-electron chi connectivity index (χ4n) is 5.71. The van der Waals surface area contributed by atoms with Gasteiger partial charge >= 0.3 is 5.97 Å². The van der Waals surface area contributed by atoms with Crippen molar-refractivity contribution in [1.29, 1.82) is 0 Å². The van der Waals surface area contributed by atoms with Crippen molar-refractivity contribution in [3.05, 3.63) is 29.8 Å². The number of rotatable bonds is 5. The maximum absolute atomic E-state index is 13.2. The van der Waals surface area contributed by atoms with Crippen molar-refractivity contribution >= 4 is 39.4 Å². The second-order valence-corrected chi connectivity index (χ2v) is 10.4. The van der Waals surface area contributed by atoms with Gasteiger partial charge in [0.2, 0.25) is 5.91 Å². The Hall–Kier alpha value is -1.89. The molecule has 28 heavy (non-hydrogen) atoms. The van der Waals surface area contributed by atoms with Crippen LogP contribution in [0.5, 0.6) is 0 Å². The highest BCUT2D eigenvalue weighted by Crippen LogP contribution is 2.64. The fraction of sp³-hybridized carbons (Fsp3) is 0.571. The van der Waals surface area contributed by atoms with E-state index in [0.717, 1.165) is 19.3 Å². The van der Waals surface area contributed by atoms with Crippen molar-refractivity contribution in [1.82, 2.24) is 5.32 Å². The Morgan fingerprint density at radius 2 is 1.75 bits per heavy atom. The summed E-state index contributed by atoms with van der Waals surface area (Å²) in [5.41, 5.74) is 0.842. The van der Waals surface area contributed by atoms with E-state index in [1.165, 1.54) is 26.4 Å². The summed E-state index contributed by atoms with van der Waals surface area (Å²) in [6.07, 6.45) is 6.51. The number of esters is 1. The summed E-state index contributed by atoms with van der Waals surface area (Å²) in [6, 6.07) is 6.76. The zero-order valence-corrected chi connectivity index (χ0v) is 17.5. The highest BCUT2D eigenvalue weighted by atomic mass is 79.9. The van der Waals surface area contributed by atoms with Crippen molar-refractivity contribution in [2.75, 3.05) is 19.0 Å². The molecular formula is C21H25BrN2O4. The van der Waals surface area contributed by atoms with Crippen molar-refractivity contribution in [3.8, 4) is 0 Å². The molecule has 7 heteroatoms. The lowest BCUT2D eigenvalue weighted by atomic mass is 9.49. The van der Waals surface area contributed by atoms with Gasteiger partial charge in [-0.05, 0) is 74.6 Å². The average molecular weight is 449 g/mol. The van der Waals surface area contributed by atoms with Crippen molar-refractivity contribution < 1.29 is 19.1 Å². The van der Waals surface area contributed by atoms with Crippen LogP contribution in [0.2, 0.25) is 0 Å². The Morgan fingerprint density at radius 1 is 1.11 bits per heavy atom. The molecule has 0 heterocycles. The Kier molecular flexibility index (Phi) is 4.98. The first-order chi connectivity index (χ1) is 13.3. The van der Waals surface area contributed by atoms with Crippen molar-refractivity contribution in [2.24, 2.45) is 17.3 Å². The number of ether oxygens (including phenoxy) is 1. The van der Waals surface area contributed by atoms with Crippen LogP contribution < -0.4 is 10.6 Å². The largest absolute Gasteiger partial charge is 0.468 e. The third kappa shape index (κ3) is 3.69. The highest BCUT2D eigenvalue weighted by molar-refractivity contribution is 9.10. The van der Waals surface area contributed by atoms with Crippen LogP contribution in [0.1, 0.15) is 48.9 Å². The number of methoxy groups -OCH3 is 1. The molecule has 0 spiro atoms. The number of nitrogens with one attached hydrogen (secondary N) is 2. The second-order valence-electron chi connectivity index (χ2n) is 8.68. The van der Waals surface area contributed by atoms with Gasteiger partial charge < -0.3 is 15.4 Å². The number of anilines is 1. The van der Waals surface area contributed by atoms with Gasteiger partial charge in [0.1, 0.15) is 6.54 Å². The molecule has 4 aliphatic rings. The quantitative estimate of drug-likeness (QED) is 0.534. The van der Waals surface area contributed by atoms with Crippen LogP contribution >= 0.6 is 15.9 Å². The van der Waals surface area contributed by atoms with Crippen LogP contribution in [0.15, 0.2) is 24.3 Å². The number of hydrogen-bond donors (Lipinski definition) is 2. The minimum absolute atomic E-state index is 0.105. The minimum Gasteiger partial charge on any atom is -0.468 e. The molecule has 6 nitrogen and oxygen atoms in total. The summed E-state index contributed by atoms with van der Waals surface area (Å²) in [6.45, 7) is -0.174. The lowest BCUT2D eigenvalue weighted by Crippen LogP contribution is -2.57. The second kappa shape index (κ2) is 7.17. The Bertz CT molecular complexity index is 793. The number of carbonyl (C=O) groups excluding carboxylic acids is 3. The third-order valence-electron chi connectivity index (χ3n) is 6.50. The molecule has 4 bridgehead atoms. The summed E-state index contributed by atoms with van der Waals surface area (Å²) >= 11 is 3.94. The molecule has 4 fully saturated rings. The molecule has 2 amide bonds. The summed E-state index contributed by atoms with van der Waals surface area (Å²) in [4.78, 5) is 36.3. The molecular weight excluding hydrogens is 424 g/mol. The first-order valence-corrected chi connectivity index (χ1v) is 10.6. The molecule has 1 aromatic carbocycles. The standard InChI is InChI=1S/C21H25BrN2O4/c1-28-17(25)11-23-18(26)15-2-4-16(5-3-15)24-19(27)20-7-13-6-14(8-20)10-21(22,9-13)12-20/h2-5,13-14H,6-12H2,1H3,(H,23,26)(H,24,27). The molecule has 1 aromatic rings. The zero-order chi connectivity index (χ0) is 19.9. The van der Waals surface area contributed by atoms with E-state index >= 15 is 0 Å². The lowest BCUT2D eigenvalue weighted by Gasteiger charge is -2.59. The number of halogens is 1. The predicted octanol–water partition coefficient (Wildman–Crippen LogP) is 3.26. The summed E-state index contributed by atoms with van der Waals surface area (Å²) in [7, 11) is 1.27. The smallest absolute Gasteiger partial charge is 0.325 e. The van der Waals surface area contributed by atoms with Gasteiger partial charge in [0.25, 0.3) is 5.91 Å². The zero-order valence-electron chi connectivity index (χ0n) is 15.9. The van der Waals surface area contributed by atoms with E-state index in [0.29, 0.717) is 23.1 Å². The molecule has 0 aliphatic heterocycles. The van der Waals surface area contributed by atoms with Gasteiger partial charge in [0, 0.05) is 15.6 Å². The number of carbonyl (C=O) groups is 3. The Balaban J connectivity index is 1.40. The maximum Gasteiger partial charge on any atom is 0.325 e. The van der Waals surface area contributed by atoms with E-state index in [-0.39, 0.29) is 28.1 Å². The minimum atomic E-state index is -0.502. The van der Waals surface area contributed by atoms with E-state index in [1.54, 1.807) is 24.3 Å². The number of alkyl halides is 1. The van der Waals surface area contributed by atoms with Gasteiger partial charge in [-0.2, -0.15) is 0 Å². The molecule has 2 atom stereocenters. The van der Waals surface area contributed by atoms with Crippen LogP contribution in [0.3, 0.4) is 0 Å². The average Bonchev–Trinajstić information content (AvgIpc) is 2.64. The molecule has 150 valence electrons. The Morgan fingerprint density at radius 3 is 2.32 bits per heavy atom. The van der Waals surface area contributed by atoms with Crippen LogP contribution in [-0.4, -0.2) is 35.8 Å². The first kappa shape index (κ1) is 19.4. The predicted molar refractivity (Wildman–Crippen MR) is 108 cm³/mol. The van der Waals surface area contributed by atoms with Crippen LogP contribution in [0.4, 0.5) is 5.69 Å². The molecule has 0 aromatic heterocycles. The van der Waals surface area contributed by atoms with Gasteiger partial charge in [-0.15, -0.1) is 0 Å². The lowest BCUT2D eigenvalue weighted by molar-refractivity contribution is -0.139. The van der Waals surface area contributed by atoms with Crippen LogP contribution in [0.25, 0.3) is 0 Å². The number of hydrogen-bond acceptors (Lipinski definition) is 4. The van der Waals surface area contributed by atoms with E-state index in [1.807, 2.05) is 0 Å². The van der Waals surface area contributed by atoms with E-state index in [2.05, 4.69) is 31.3 Å². The number of benzene rings is 1. The van der Waals surface area contributed by atoms with Crippen molar-refractivity contribution in [2.45, 2.75) is 42.8 Å². The summed E-state index contributed by atoms with van der Waals surface area (Å²) < 4.78 is 4.64. The van der Waals surface area contributed by atoms with Crippen LogP contribution in [-0.2, 0) is 14.3 Å². The first-order valence-electron chi connectivity index (χ1n) is 9.76. The molecule has 4 aliphatic carbocycles. The molecule has 0 radical (unpaired) electrons. The van der Waals surface area contributed by atoms with Gasteiger partial charge in [-0.25, -0.2) is 0 Å². The normalized spacial score (nSPS) is 32.6. The Labute approximate surface area is 172 Å². The maximum atomic E-state index is 13.2. The molecule has 2 unspecified atom stereocenters. The van der Waals surface area contributed by atoms with Crippen LogP contribution in [0, 0.1) is 17.3 Å². The number of amides is 2. The fourth-order valence-corrected chi connectivity index (χ4v) is 7.16. The van der Waals surface area contributed by atoms with Gasteiger partial charge in [0.05, 0.1) is 12.5 Å². The van der Waals surface area contributed by atoms with E-state index in [9.17, 15) is 14.4 Å². The van der Waals surface area contributed by atoms with Gasteiger partial charge in [-0.3, -0.25) is 14.4 Å². The van der Waals surface area contributed by atoms with Crippen molar-refractivity contribution in [3.63, 3.8) is 0 Å². The molecule has 0 saturated heterocycles. The van der Waals surface area contributed by atoms with E-state index in [4.69, 9.17) is 0 Å². The third-order valence-corrected chi connectivity index (χ3v) is 7.43. The molecule has 2 N–H and O–H groups in total. The van der Waals surface area contributed by atoms with E-state index < -0.39 is 5.97 Å². The highest BCUT2D eigenvalue weighted by Gasteiger charge is 2.59. The van der Waals surface area contributed by atoms with Gasteiger partial charge in [-0.1, -0.05) is 15.9 Å². The summed E-state index contributed by atoms with van der Waals surface area (Å²) in [5.74, 6) is 0.538. The van der Waals surface area contributed by atoms with Gasteiger partial charge in [0.15, 0.2) is 0 Å².